The number of hydrogen-bond donors (Lipinski definition) is 1. The second-order valence-corrected chi connectivity index (χ2v) is 3.18. The molecule has 1 rings (SSSR count). The summed E-state index contributed by atoms with van der Waals surface area (Å²) in [5.74, 6) is -1.55. The SMILES string of the molecule is OC(c1cc(C(F)(F)F)ccc1F)C(F)(F)F. The van der Waals surface area contributed by atoms with Gasteiger partial charge in [0, 0.05) is 5.56 Å². The average molecular weight is 262 g/mol. The van der Waals surface area contributed by atoms with Gasteiger partial charge in [-0.3, -0.25) is 0 Å². The Bertz CT molecular complexity index is 407. The van der Waals surface area contributed by atoms with Crippen LogP contribution in [0.1, 0.15) is 17.2 Å². The summed E-state index contributed by atoms with van der Waals surface area (Å²) >= 11 is 0. The van der Waals surface area contributed by atoms with Gasteiger partial charge in [0.2, 0.25) is 0 Å². The zero-order valence-electron chi connectivity index (χ0n) is 7.90. The van der Waals surface area contributed by atoms with Gasteiger partial charge < -0.3 is 5.11 Å². The smallest absolute Gasteiger partial charge is 0.379 e. The van der Waals surface area contributed by atoms with Crippen LogP contribution in [0, 0.1) is 5.82 Å². The highest BCUT2D eigenvalue weighted by Gasteiger charge is 2.42. The summed E-state index contributed by atoms with van der Waals surface area (Å²) in [6.07, 6.45) is -13.4. The molecule has 1 atom stereocenters. The number of aliphatic hydroxyl groups excluding tert-OH is 1. The summed E-state index contributed by atoms with van der Waals surface area (Å²) in [5, 5.41) is 8.70. The summed E-state index contributed by atoms with van der Waals surface area (Å²) in [6.45, 7) is 0. The molecular formula is C9H5F7O. The highest BCUT2D eigenvalue weighted by molar-refractivity contribution is 5.29. The van der Waals surface area contributed by atoms with E-state index in [1.54, 1.807) is 0 Å². The molecule has 1 N–H and O–H groups in total. The van der Waals surface area contributed by atoms with Crippen LogP contribution in [0.15, 0.2) is 18.2 Å². The Labute approximate surface area is 90.5 Å². The monoisotopic (exact) mass is 262 g/mol. The molecule has 0 saturated heterocycles. The van der Waals surface area contributed by atoms with Gasteiger partial charge in [-0.1, -0.05) is 0 Å². The maximum atomic E-state index is 12.9. The number of alkyl halides is 6. The molecule has 8 heteroatoms. The maximum absolute atomic E-state index is 12.9. The van der Waals surface area contributed by atoms with E-state index in [1.165, 1.54) is 0 Å². The van der Waals surface area contributed by atoms with Gasteiger partial charge >= 0.3 is 12.4 Å². The number of hydrogen-bond acceptors (Lipinski definition) is 1. The van der Waals surface area contributed by atoms with Crippen LogP contribution in [0.3, 0.4) is 0 Å². The van der Waals surface area contributed by atoms with Crippen molar-refractivity contribution in [1.82, 2.24) is 0 Å². The van der Waals surface area contributed by atoms with E-state index in [0.29, 0.717) is 6.07 Å². The van der Waals surface area contributed by atoms with Crippen LogP contribution in [0.5, 0.6) is 0 Å². The Hall–Kier alpha value is -1.31. The molecule has 0 aliphatic heterocycles. The van der Waals surface area contributed by atoms with E-state index < -0.39 is 35.4 Å². The summed E-state index contributed by atoms with van der Waals surface area (Å²) in [6, 6.07) is 0.461. The molecule has 0 heterocycles. The van der Waals surface area contributed by atoms with Crippen LogP contribution in [0.4, 0.5) is 30.7 Å². The van der Waals surface area contributed by atoms with Gasteiger partial charge in [0.1, 0.15) is 5.82 Å². The van der Waals surface area contributed by atoms with E-state index >= 15 is 0 Å². The zero-order valence-corrected chi connectivity index (χ0v) is 7.90. The molecule has 96 valence electrons. The maximum Gasteiger partial charge on any atom is 0.418 e. The number of aliphatic hydroxyl groups is 1. The standard InChI is InChI=1S/C9H5F7O/c10-6-2-1-4(8(11,12)13)3-5(6)7(17)9(14,15)16/h1-3,7,17H. The van der Waals surface area contributed by atoms with Crippen molar-refractivity contribution in [2.45, 2.75) is 18.5 Å². The predicted molar refractivity (Wildman–Crippen MR) is 42.4 cm³/mol. The molecule has 0 aliphatic rings. The minimum atomic E-state index is -5.23. The minimum absolute atomic E-state index is 0.0620. The second-order valence-electron chi connectivity index (χ2n) is 3.18. The van der Waals surface area contributed by atoms with Crippen LogP contribution in [-0.4, -0.2) is 11.3 Å². The lowest BCUT2D eigenvalue weighted by Gasteiger charge is -2.17. The molecule has 17 heavy (non-hydrogen) atoms. The van der Waals surface area contributed by atoms with Gasteiger partial charge in [0.25, 0.3) is 0 Å². The third-order valence-electron chi connectivity index (χ3n) is 1.93. The molecule has 0 aliphatic carbocycles. The summed E-state index contributed by atoms with van der Waals surface area (Å²) in [5.41, 5.74) is -2.91. The molecule has 0 aromatic heterocycles. The van der Waals surface area contributed by atoms with Crippen LogP contribution < -0.4 is 0 Å². The van der Waals surface area contributed by atoms with Crippen LogP contribution in [0.2, 0.25) is 0 Å². The molecule has 1 aromatic carbocycles. The summed E-state index contributed by atoms with van der Waals surface area (Å²) in [4.78, 5) is 0. The number of rotatable bonds is 1. The quantitative estimate of drug-likeness (QED) is 0.768. The van der Waals surface area contributed by atoms with Gasteiger partial charge in [-0.25, -0.2) is 4.39 Å². The van der Waals surface area contributed by atoms with Crippen molar-refractivity contribution in [3.05, 3.63) is 35.1 Å². The Balaban J connectivity index is 3.25. The van der Waals surface area contributed by atoms with Crippen molar-refractivity contribution in [3.63, 3.8) is 0 Å². The molecule has 0 spiro atoms. The number of benzene rings is 1. The van der Waals surface area contributed by atoms with Gasteiger partial charge in [-0.05, 0) is 18.2 Å². The van der Waals surface area contributed by atoms with E-state index in [2.05, 4.69) is 0 Å². The molecule has 0 fully saturated rings. The van der Waals surface area contributed by atoms with E-state index in [9.17, 15) is 30.7 Å². The number of halogens is 7. The topological polar surface area (TPSA) is 20.2 Å². The van der Waals surface area contributed by atoms with Crippen LogP contribution in [-0.2, 0) is 6.18 Å². The summed E-state index contributed by atoms with van der Waals surface area (Å²) < 4.78 is 85.6. The van der Waals surface area contributed by atoms with Crippen LogP contribution in [0.25, 0.3) is 0 Å². The van der Waals surface area contributed by atoms with Crippen molar-refractivity contribution in [1.29, 1.82) is 0 Å². The molecular weight excluding hydrogens is 257 g/mol. The average Bonchev–Trinajstić information content (AvgIpc) is 2.14. The van der Waals surface area contributed by atoms with E-state index in [0.717, 1.165) is 0 Å². The molecule has 1 nitrogen and oxygen atoms in total. The molecule has 0 bridgehead atoms. The largest absolute Gasteiger partial charge is 0.418 e. The van der Waals surface area contributed by atoms with Gasteiger partial charge in [-0.15, -0.1) is 0 Å². The Morgan fingerprint density at radius 3 is 1.94 bits per heavy atom. The molecule has 1 aromatic rings. The van der Waals surface area contributed by atoms with Crippen molar-refractivity contribution in [2.75, 3.05) is 0 Å². The fraction of sp³-hybridized carbons (Fsp3) is 0.333. The molecule has 1 unspecified atom stereocenters. The Kier molecular flexibility index (Phi) is 3.37. The first kappa shape index (κ1) is 13.8. The van der Waals surface area contributed by atoms with E-state index in [1.807, 2.05) is 0 Å². The zero-order chi connectivity index (χ0) is 13.4. The first-order chi connectivity index (χ1) is 7.53. The highest BCUT2D eigenvalue weighted by Crippen LogP contribution is 2.37. The Morgan fingerprint density at radius 2 is 1.53 bits per heavy atom. The van der Waals surface area contributed by atoms with Crippen molar-refractivity contribution in [3.8, 4) is 0 Å². The second kappa shape index (κ2) is 4.17. The first-order valence-corrected chi connectivity index (χ1v) is 4.15. The van der Waals surface area contributed by atoms with Crippen molar-refractivity contribution < 1.29 is 35.8 Å². The lowest BCUT2D eigenvalue weighted by atomic mass is 10.0. The lowest BCUT2D eigenvalue weighted by molar-refractivity contribution is -0.207. The predicted octanol–water partition coefficient (Wildman–Crippen LogP) is 3.44. The lowest BCUT2D eigenvalue weighted by Crippen LogP contribution is -2.22. The minimum Gasteiger partial charge on any atom is -0.379 e. The molecule has 0 amide bonds. The van der Waals surface area contributed by atoms with E-state index in [-0.39, 0.29) is 12.1 Å². The fourth-order valence-corrected chi connectivity index (χ4v) is 1.11. The fourth-order valence-electron chi connectivity index (χ4n) is 1.11. The van der Waals surface area contributed by atoms with Gasteiger partial charge in [0.05, 0.1) is 5.56 Å². The summed E-state index contributed by atoms with van der Waals surface area (Å²) in [7, 11) is 0. The highest BCUT2D eigenvalue weighted by atomic mass is 19.4. The Morgan fingerprint density at radius 1 is 1.00 bits per heavy atom. The third-order valence-corrected chi connectivity index (χ3v) is 1.93. The van der Waals surface area contributed by atoms with Gasteiger partial charge in [-0.2, -0.15) is 26.3 Å². The van der Waals surface area contributed by atoms with Crippen molar-refractivity contribution >= 4 is 0 Å². The van der Waals surface area contributed by atoms with E-state index in [4.69, 9.17) is 5.11 Å². The van der Waals surface area contributed by atoms with Crippen molar-refractivity contribution in [2.24, 2.45) is 0 Å². The normalized spacial score (nSPS) is 14.8. The van der Waals surface area contributed by atoms with Crippen LogP contribution >= 0.6 is 0 Å². The molecule has 0 saturated carbocycles. The molecule has 0 radical (unpaired) electrons. The first-order valence-electron chi connectivity index (χ1n) is 4.15. The third kappa shape index (κ3) is 3.09. The van der Waals surface area contributed by atoms with Gasteiger partial charge in [0.15, 0.2) is 6.10 Å².